The molecule has 31 heavy (non-hydrogen) atoms. The summed E-state index contributed by atoms with van der Waals surface area (Å²) in [5.41, 5.74) is 4.93. The molecule has 4 heteroatoms. The van der Waals surface area contributed by atoms with E-state index in [-0.39, 0.29) is 6.61 Å². The minimum Gasteiger partial charge on any atom is -0.496 e. The third kappa shape index (κ3) is 5.09. The highest BCUT2D eigenvalue weighted by atomic mass is 16.5. The van der Waals surface area contributed by atoms with Crippen molar-refractivity contribution in [3.63, 3.8) is 0 Å². The zero-order valence-electron chi connectivity index (χ0n) is 18.7. The number of hydrogen-bond acceptors (Lipinski definition) is 4. The molecule has 0 bridgehead atoms. The molecule has 163 valence electrons. The third-order valence-corrected chi connectivity index (χ3v) is 5.91. The fraction of sp³-hybridized carbons (Fsp3) is 0.333. The fourth-order valence-electron chi connectivity index (χ4n) is 3.74. The Morgan fingerprint density at radius 1 is 0.968 bits per heavy atom. The van der Waals surface area contributed by atoms with Gasteiger partial charge in [-0.05, 0) is 77.9 Å². The maximum absolute atomic E-state index is 10.9. The molecule has 2 N–H and O–H groups in total. The van der Waals surface area contributed by atoms with Gasteiger partial charge >= 0.3 is 0 Å². The molecular formula is C27H31O4. The average Bonchev–Trinajstić information content (AvgIpc) is 2.82. The van der Waals surface area contributed by atoms with Gasteiger partial charge in [0, 0.05) is 5.56 Å². The molecule has 0 spiro atoms. The molecule has 4 nitrogen and oxygen atoms in total. The van der Waals surface area contributed by atoms with Crippen molar-refractivity contribution in [2.75, 3.05) is 7.11 Å². The van der Waals surface area contributed by atoms with E-state index in [0.29, 0.717) is 19.4 Å². The Morgan fingerprint density at radius 2 is 1.74 bits per heavy atom. The first-order valence-corrected chi connectivity index (χ1v) is 10.7. The SMILES string of the molecule is CCC(O)(CC)c1ccc(-c2cc(OCc3c[c]c(CO)cc3)ccc2OC)c(C)c1. The number of aryl methyl sites for hydroxylation is 1. The second kappa shape index (κ2) is 9.99. The number of aliphatic hydroxyl groups excluding tert-OH is 1. The predicted molar refractivity (Wildman–Crippen MR) is 123 cm³/mol. The number of benzene rings is 3. The molecule has 0 saturated carbocycles. The summed E-state index contributed by atoms with van der Waals surface area (Å²) in [6.45, 7) is 6.45. The Kier molecular flexibility index (Phi) is 7.37. The molecule has 3 aromatic carbocycles. The lowest BCUT2D eigenvalue weighted by Crippen LogP contribution is -2.23. The highest BCUT2D eigenvalue weighted by molar-refractivity contribution is 5.75. The molecule has 1 radical (unpaired) electrons. The quantitative estimate of drug-likeness (QED) is 0.477. The van der Waals surface area contributed by atoms with Crippen molar-refractivity contribution in [3.8, 4) is 22.6 Å². The number of hydrogen-bond donors (Lipinski definition) is 2. The maximum Gasteiger partial charge on any atom is 0.126 e. The molecule has 0 atom stereocenters. The van der Waals surface area contributed by atoms with Crippen molar-refractivity contribution < 1.29 is 19.7 Å². The molecule has 0 amide bonds. The summed E-state index contributed by atoms with van der Waals surface area (Å²) in [5, 5.41) is 20.0. The third-order valence-electron chi connectivity index (χ3n) is 5.91. The molecule has 0 aliphatic heterocycles. The number of methoxy groups -OCH3 is 1. The van der Waals surface area contributed by atoms with Gasteiger partial charge in [-0.3, -0.25) is 0 Å². The standard InChI is InChI=1S/C27H31O4/c1-5-27(29,6-2)22-11-13-24(19(3)15-22)25-16-23(12-14-26(25)30-4)31-18-21-9-7-20(17-28)8-10-21/h7,9-16,28-29H,5-6,17-18H2,1-4H3. The van der Waals surface area contributed by atoms with Crippen molar-refractivity contribution in [3.05, 3.63) is 82.9 Å². The molecule has 0 aliphatic carbocycles. The monoisotopic (exact) mass is 419 g/mol. The maximum atomic E-state index is 10.9. The molecule has 0 heterocycles. The largest absolute Gasteiger partial charge is 0.496 e. The Morgan fingerprint density at radius 3 is 2.32 bits per heavy atom. The Balaban J connectivity index is 1.88. The number of aliphatic hydroxyl groups is 2. The highest BCUT2D eigenvalue weighted by Crippen LogP contribution is 2.38. The van der Waals surface area contributed by atoms with E-state index in [2.05, 4.69) is 19.1 Å². The van der Waals surface area contributed by atoms with Gasteiger partial charge in [0.25, 0.3) is 0 Å². The molecule has 0 aromatic heterocycles. The lowest BCUT2D eigenvalue weighted by molar-refractivity contribution is 0.0283. The van der Waals surface area contributed by atoms with Gasteiger partial charge in [0.2, 0.25) is 0 Å². The Labute approximate surface area is 185 Å². The zero-order chi connectivity index (χ0) is 22.4. The Bertz CT molecular complexity index is 1000. The first kappa shape index (κ1) is 22.9. The minimum absolute atomic E-state index is 0.0188. The first-order chi connectivity index (χ1) is 14.9. The van der Waals surface area contributed by atoms with Gasteiger partial charge in [0.05, 0.1) is 19.3 Å². The average molecular weight is 420 g/mol. The summed E-state index contributed by atoms with van der Waals surface area (Å²) in [6.07, 6.45) is 1.34. The van der Waals surface area contributed by atoms with Crippen LogP contribution in [0.25, 0.3) is 11.1 Å². The summed E-state index contributed by atoms with van der Waals surface area (Å²) in [5.74, 6) is 1.51. The molecular weight excluding hydrogens is 388 g/mol. The van der Waals surface area contributed by atoms with Crippen molar-refractivity contribution in [2.45, 2.75) is 52.4 Å². The second-order valence-corrected chi connectivity index (χ2v) is 7.80. The van der Waals surface area contributed by atoms with Crippen molar-refractivity contribution in [2.24, 2.45) is 0 Å². The van der Waals surface area contributed by atoms with Gasteiger partial charge in [-0.25, -0.2) is 0 Å². The first-order valence-electron chi connectivity index (χ1n) is 10.7. The van der Waals surface area contributed by atoms with Crippen LogP contribution in [0.1, 0.15) is 48.9 Å². The van der Waals surface area contributed by atoms with E-state index in [1.165, 1.54) is 0 Å². The van der Waals surface area contributed by atoms with Crippen LogP contribution in [0.15, 0.2) is 54.6 Å². The van der Waals surface area contributed by atoms with Crippen LogP contribution in [-0.2, 0) is 18.8 Å². The number of ether oxygens (including phenoxy) is 2. The van der Waals surface area contributed by atoms with Crippen LogP contribution in [0, 0.1) is 13.0 Å². The van der Waals surface area contributed by atoms with Gasteiger partial charge in [-0.1, -0.05) is 44.2 Å². The van der Waals surface area contributed by atoms with E-state index < -0.39 is 5.60 Å². The predicted octanol–water partition coefficient (Wildman–Crippen LogP) is 5.55. The van der Waals surface area contributed by atoms with Crippen LogP contribution in [0.2, 0.25) is 0 Å². The van der Waals surface area contributed by atoms with Gasteiger partial charge < -0.3 is 19.7 Å². The van der Waals surface area contributed by atoms with E-state index in [1.807, 2.05) is 62.4 Å². The van der Waals surface area contributed by atoms with Gasteiger partial charge in [0.1, 0.15) is 18.1 Å². The van der Waals surface area contributed by atoms with E-state index in [9.17, 15) is 5.11 Å². The molecule has 0 saturated heterocycles. The van der Waals surface area contributed by atoms with E-state index in [4.69, 9.17) is 14.6 Å². The van der Waals surface area contributed by atoms with Crippen LogP contribution in [0.4, 0.5) is 0 Å². The fourth-order valence-corrected chi connectivity index (χ4v) is 3.74. The van der Waals surface area contributed by atoms with Gasteiger partial charge in [0.15, 0.2) is 0 Å². The van der Waals surface area contributed by atoms with E-state index in [0.717, 1.165) is 44.9 Å². The topological polar surface area (TPSA) is 58.9 Å². The van der Waals surface area contributed by atoms with Crippen LogP contribution >= 0.6 is 0 Å². The zero-order valence-corrected chi connectivity index (χ0v) is 18.7. The van der Waals surface area contributed by atoms with Crippen LogP contribution in [0.3, 0.4) is 0 Å². The smallest absolute Gasteiger partial charge is 0.126 e. The molecule has 0 aliphatic rings. The summed E-state index contributed by atoms with van der Waals surface area (Å²) in [4.78, 5) is 0. The normalized spacial score (nSPS) is 11.4. The van der Waals surface area contributed by atoms with E-state index in [1.54, 1.807) is 7.11 Å². The van der Waals surface area contributed by atoms with Crippen molar-refractivity contribution >= 4 is 0 Å². The lowest BCUT2D eigenvalue weighted by Gasteiger charge is -2.27. The van der Waals surface area contributed by atoms with Crippen LogP contribution in [-0.4, -0.2) is 17.3 Å². The summed E-state index contributed by atoms with van der Waals surface area (Å²) in [7, 11) is 1.66. The lowest BCUT2D eigenvalue weighted by atomic mass is 9.86. The molecule has 0 unspecified atom stereocenters. The minimum atomic E-state index is -0.805. The molecule has 0 fully saturated rings. The van der Waals surface area contributed by atoms with Crippen LogP contribution < -0.4 is 9.47 Å². The molecule has 3 aromatic rings. The second-order valence-electron chi connectivity index (χ2n) is 7.80. The summed E-state index contributed by atoms with van der Waals surface area (Å²) < 4.78 is 11.6. The summed E-state index contributed by atoms with van der Waals surface area (Å²) >= 11 is 0. The van der Waals surface area contributed by atoms with Gasteiger partial charge in [-0.2, -0.15) is 0 Å². The molecule has 3 rings (SSSR count). The van der Waals surface area contributed by atoms with Crippen molar-refractivity contribution in [1.82, 2.24) is 0 Å². The highest BCUT2D eigenvalue weighted by Gasteiger charge is 2.25. The summed E-state index contributed by atoms with van der Waals surface area (Å²) in [6, 6.07) is 20.5. The van der Waals surface area contributed by atoms with Crippen LogP contribution in [0.5, 0.6) is 11.5 Å². The Hall–Kier alpha value is -2.82. The van der Waals surface area contributed by atoms with Gasteiger partial charge in [-0.15, -0.1) is 0 Å². The van der Waals surface area contributed by atoms with Crippen molar-refractivity contribution in [1.29, 1.82) is 0 Å². The number of rotatable bonds is 9. The van der Waals surface area contributed by atoms with E-state index >= 15 is 0 Å².